The van der Waals surface area contributed by atoms with Crippen LogP contribution in [-0.4, -0.2) is 26.1 Å². The van der Waals surface area contributed by atoms with Crippen molar-refractivity contribution in [2.45, 2.75) is 0 Å². The van der Waals surface area contributed by atoms with Gasteiger partial charge in [0, 0.05) is 12.1 Å². The number of terminal acetylenes is 1. The van der Waals surface area contributed by atoms with Gasteiger partial charge in [-0.05, 0) is 0 Å². The highest BCUT2D eigenvalue weighted by Crippen LogP contribution is 2.34. The summed E-state index contributed by atoms with van der Waals surface area (Å²) in [5, 5.41) is 2.60. The maximum atomic E-state index is 13.5. The molecule has 0 aromatic heterocycles. The quantitative estimate of drug-likeness (QED) is 0.782. The fraction of sp³-hybridized carbons (Fsp3) is 0.250. The molecular weight excluding hydrogens is 223 g/mol. The van der Waals surface area contributed by atoms with Gasteiger partial charge >= 0.3 is 0 Å². The first kappa shape index (κ1) is 11.3. The zero-order valence-corrected chi connectivity index (χ0v) is 9.29. The predicted molar refractivity (Wildman–Crippen MR) is 62.6 cm³/mol. The second-order valence-electron chi connectivity index (χ2n) is 3.61. The molecule has 0 saturated carbocycles. The van der Waals surface area contributed by atoms with Gasteiger partial charge in [0.25, 0.3) is 0 Å². The number of halogens is 1. The molecule has 0 unspecified atom stereocenters. The van der Waals surface area contributed by atoms with Gasteiger partial charge in [-0.1, -0.05) is 5.92 Å². The number of ether oxygens (including phenoxy) is 1. The van der Waals surface area contributed by atoms with Gasteiger partial charge in [0.15, 0.2) is 11.6 Å². The van der Waals surface area contributed by atoms with Crippen LogP contribution < -0.4 is 15.0 Å². The summed E-state index contributed by atoms with van der Waals surface area (Å²) < 4.78 is 18.4. The standard InChI is InChI=1S/C12H11FN2O2/c1-3-4-15-7-12(16)14-9-5-8(13)11(17-2)6-10(9)15/h1,5-6H,4,7H2,2H3,(H,14,16). The number of anilines is 2. The third-order valence-electron chi connectivity index (χ3n) is 2.50. The van der Waals surface area contributed by atoms with Crippen LogP contribution in [0.3, 0.4) is 0 Å². The van der Waals surface area contributed by atoms with Crippen LogP contribution in [0.25, 0.3) is 0 Å². The molecule has 1 amide bonds. The van der Waals surface area contributed by atoms with E-state index in [1.54, 1.807) is 4.90 Å². The summed E-state index contributed by atoms with van der Waals surface area (Å²) in [5.41, 5.74) is 1.08. The van der Waals surface area contributed by atoms with Gasteiger partial charge < -0.3 is 15.0 Å². The van der Waals surface area contributed by atoms with E-state index in [0.29, 0.717) is 11.4 Å². The number of rotatable bonds is 2. The Morgan fingerprint density at radius 1 is 1.65 bits per heavy atom. The Morgan fingerprint density at radius 2 is 2.41 bits per heavy atom. The number of fused-ring (bicyclic) bond motifs is 1. The second kappa shape index (κ2) is 4.34. The number of carbonyl (C=O) groups excluding carboxylic acids is 1. The highest BCUT2D eigenvalue weighted by molar-refractivity contribution is 6.01. The summed E-state index contributed by atoms with van der Waals surface area (Å²) in [6.45, 7) is 0.446. The molecule has 2 rings (SSSR count). The molecule has 0 radical (unpaired) electrons. The Labute approximate surface area is 98.4 Å². The minimum atomic E-state index is -0.519. The van der Waals surface area contributed by atoms with Gasteiger partial charge in [0.05, 0.1) is 31.6 Å². The Hall–Kier alpha value is -2.22. The lowest BCUT2D eigenvalue weighted by atomic mass is 10.1. The number of methoxy groups -OCH3 is 1. The van der Waals surface area contributed by atoms with Crippen molar-refractivity contribution >= 4 is 17.3 Å². The fourth-order valence-electron chi connectivity index (χ4n) is 1.76. The number of benzene rings is 1. The first-order valence-electron chi connectivity index (χ1n) is 5.01. The zero-order chi connectivity index (χ0) is 12.4. The Kier molecular flexibility index (Phi) is 2.88. The number of nitrogens with zero attached hydrogens (tertiary/aromatic N) is 1. The van der Waals surface area contributed by atoms with Crippen LogP contribution in [0.15, 0.2) is 12.1 Å². The largest absolute Gasteiger partial charge is 0.494 e. The van der Waals surface area contributed by atoms with Crippen LogP contribution in [0, 0.1) is 18.2 Å². The maximum absolute atomic E-state index is 13.5. The number of hydrogen-bond acceptors (Lipinski definition) is 3. The van der Waals surface area contributed by atoms with E-state index in [0.717, 1.165) is 0 Å². The van der Waals surface area contributed by atoms with Crippen molar-refractivity contribution in [3.63, 3.8) is 0 Å². The first-order valence-corrected chi connectivity index (χ1v) is 5.01. The molecule has 0 fully saturated rings. The molecule has 0 atom stereocenters. The van der Waals surface area contributed by atoms with Crippen molar-refractivity contribution in [1.82, 2.24) is 0 Å². The Balaban J connectivity index is 2.49. The Morgan fingerprint density at radius 3 is 3.06 bits per heavy atom. The van der Waals surface area contributed by atoms with Crippen molar-refractivity contribution < 1.29 is 13.9 Å². The molecule has 1 aromatic rings. The van der Waals surface area contributed by atoms with E-state index >= 15 is 0 Å². The molecule has 0 aliphatic carbocycles. The lowest BCUT2D eigenvalue weighted by Crippen LogP contribution is -2.38. The van der Waals surface area contributed by atoms with Crippen molar-refractivity contribution in [2.75, 3.05) is 30.4 Å². The van der Waals surface area contributed by atoms with E-state index < -0.39 is 5.82 Å². The third-order valence-corrected chi connectivity index (χ3v) is 2.50. The van der Waals surface area contributed by atoms with Gasteiger partial charge in [-0.3, -0.25) is 4.79 Å². The smallest absolute Gasteiger partial charge is 0.243 e. The zero-order valence-electron chi connectivity index (χ0n) is 9.29. The van der Waals surface area contributed by atoms with Crippen LogP contribution in [0.1, 0.15) is 0 Å². The van der Waals surface area contributed by atoms with Crippen LogP contribution in [0.2, 0.25) is 0 Å². The number of amides is 1. The minimum absolute atomic E-state index is 0.127. The van der Waals surface area contributed by atoms with Gasteiger partial charge in [-0.25, -0.2) is 4.39 Å². The topological polar surface area (TPSA) is 41.6 Å². The van der Waals surface area contributed by atoms with Gasteiger partial charge in [0.2, 0.25) is 5.91 Å². The molecule has 0 bridgehead atoms. The lowest BCUT2D eigenvalue weighted by molar-refractivity contribution is -0.115. The molecule has 0 saturated heterocycles. The van der Waals surface area contributed by atoms with Crippen LogP contribution in [0.5, 0.6) is 5.75 Å². The molecule has 17 heavy (non-hydrogen) atoms. The average Bonchev–Trinajstić information content (AvgIpc) is 2.28. The Bertz CT molecular complexity index is 508. The van der Waals surface area contributed by atoms with Crippen LogP contribution in [-0.2, 0) is 4.79 Å². The van der Waals surface area contributed by atoms with Gasteiger partial charge in [-0.2, -0.15) is 0 Å². The number of nitrogens with one attached hydrogen (secondary N) is 1. The summed E-state index contributed by atoms with van der Waals surface area (Å²) in [7, 11) is 1.39. The maximum Gasteiger partial charge on any atom is 0.243 e. The monoisotopic (exact) mass is 234 g/mol. The minimum Gasteiger partial charge on any atom is -0.494 e. The molecule has 88 valence electrons. The molecule has 5 heteroatoms. The normalized spacial score (nSPS) is 13.7. The highest BCUT2D eigenvalue weighted by atomic mass is 19.1. The summed E-state index contributed by atoms with van der Waals surface area (Å²) in [5.74, 6) is 1.86. The molecule has 1 N–H and O–H groups in total. The van der Waals surface area contributed by atoms with E-state index in [4.69, 9.17) is 11.2 Å². The first-order chi connectivity index (χ1) is 8.15. The summed E-state index contributed by atoms with van der Waals surface area (Å²) >= 11 is 0. The highest BCUT2D eigenvalue weighted by Gasteiger charge is 2.23. The van der Waals surface area contributed by atoms with E-state index in [9.17, 15) is 9.18 Å². The fourth-order valence-corrected chi connectivity index (χ4v) is 1.76. The lowest BCUT2D eigenvalue weighted by Gasteiger charge is -2.29. The predicted octanol–water partition coefficient (Wildman–Crippen LogP) is 1.23. The number of carbonyl (C=O) groups is 1. The average molecular weight is 234 g/mol. The SMILES string of the molecule is C#CCN1CC(=O)Nc2cc(F)c(OC)cc21. The van der Waals surface area contributed by atoms with E-state index in [2.05, 4.69) is 11.2 Å². The molecule has 1 aliphatic rings. The van der Waals surface area contributed by atoms with Crippen molar-refractivity contribution in [1.29, 1.82) is 0 Å². The molecule has 1 heterocycles. The summed E-state index contributed by atoms with van der Waals surface area (Å²) in [4.78, 5) is 13.1. The van der Waals surface area contributed by atoms with Crippen molar-refractivity contribution in [3.8, 4) is 18.1 Å². The molecule has 1 aromatic carbocycles. The van der Waals surface area contributed by atoms with Crippen molar-refractivity contribution in [3.05, 3.63) is 17.9 Å². The van der Waals surface area contributed by atoms with Gasteiger partial charge in [-0.15, -0.1) is 6.42 Å². The van der Waals surface area contributed by atoms with Gasteiger partial charge in [0.1, 0.15) is 0 Å². The number of hydrogen-bond donors (Lipinski definition) is 1. The molecular formula is C12H11FN2O2. The molecule has 4 nitrogen and oxygen atoms in total. The van der Waals surface area contributed by atoms with Crippen LogP contribution >= 0.6 is 0 Å². The summed E-state index contributed by atoms with van der Waals surface area (Å²) in [6, 6.07) is 2.76. The summed E-state index contributed by atoms with van der Waals surface area (Å²) in [6.07, 6.45) is 5.23. The second-order valence-corrected chi connectivity index (χ2v) is 3.61. The third kappa shape index (κ3) is 2.02. The van der Waals surface area contributed by atoms with Crippen LogP contribution in [0.4, 0.5) is 15.8 Å². The molecule has 1 aliphatic heterocycles. The van der Waals surface area contributed by atoms with Crippen molar-refractivity contribution in [2.24, 2.45) is 0 Å². The van der Waals surface area contributed by atoms with E-state index in [1.165, 1.54) is 19.2 Å². The molecule has 0 spiro atoms. The van der Waals surface area contributed by atoms with E-state index in [1.807, 2.05) is 0 Å². The van der Waals surface area contributed by atoms with E-state index in [-0.39, 0.29) is 24.7 Å².